The fraction of sp³-hybridized carbons (Fsp3) is 0.0702. The minimum absolute atomic E-state index is 0.159. The van der Waals surface area contributed by atoms with E-state index in [-0.39, 0.29) is 12.0 Å². The third-order valence-corrected chi connectivity index (χ3v) is 12.9. The Hall–Kier alpha value is -7.29. The Morgan fingerprint density at radius 2 is 1.19 bits per heavy atom. The predicted molar refractivity (Wildman–Crippen MR) is 247 cm³/mol. The fourth-order valence-corrected chi connectivity index (χ4v) is 10.1. The molecule has 0 spiro atoms. The molecule has 2 atom stereocenters. The molecule has 0 saturated heterocycles. The SMILES string of the molecule is C1=CCC(n2c3ccc(C4=CC=C5C(c6ccc7ccccc7c6)=c6ccccc6=C(c6ccc7ccccc7c6)C5C4)cc3c3nc(-c4ccccc4)ccc32)C=C1. The summed E-state index contributed by atoms with van der Waals surface area (Å²) in [5.74, 6) is 0.159. The van der Waals surface area contributed by atoms with E-state index in [0.29, 0.717) is 0 Å². The van der Waals surface area contributed by atoms with Crippen molar-refractivity contribution >= 4 is 60.2 Å². The monoisotopic (exact) mass is 752 g/mol. The van der Waals surface area contributed by atoms with Gasteiger partial charge < -0.3 is 4.57 Å². The summed E-state index contributed by atoms with van der Waals surface area (Å²) in [5.41, 5.74) is 14.9. The summed E-state index contributed by atoms with van der Waals surface area (Å²) in [5, 5.41) is 8.87. The lowest BCUT2D eigenvalue weighted by Gasteiger charge is -2.33. The largest absolute Gasteiger partial charge is 0.332 e. The van der Waals surface area contributed by atoms with Crippen LogP contribution in [0.25, 0.3) is 71.5 Å². The Kier molecular flexibility index (Phi) is 7.84. The van der Waals surface area contributed by atoms with Crippen molar-refractivity contribution in [1.82, 2.24) is 9.55 Å². The second-order valence-electron chi connectivity index (χ2n) is 16.2. The molecule has 2 aromatic heterocycles. The van der Waals surface area contributed by atoms with Gasteiger partial charge in [-0.1, -0.05) is 170 Å². The van der Waals surface area contributed by atoms with Gasteiger partial charge in [-0.15, -0.1) is 0 Å². The van der Waals surface area contributed by atoms with Crippen LogP contribution in [0.1, 0.15) is 35.6 Å². The van der Waals surface area contributed by atoms with Gasteiger partial charge in [0.1, 0.15) is 0 Å². The Morgan fingerprint density at radius 3 is 1.97 bits per heavy atom. The lowest BCUT2D eigenvalue weighted by molar-refractivity contribution is 0.647. The van der Waals surface area contributed by atoms with Crippen LogP contribution in [-0.2, 0) is 0 Å². The number of aromatic nitrogens is 2. The van der Waals surface area contributed by atoms with E-state index in [4.69, 9.17) is 4.98 Å². The van der Waals surface area contributed by atoms with Gasteiger partial charge in [-0.05, 0) is 120 Å². The van der Waals surface area contributed by atoms with Gasteiger partial charge >= 0.3 is 0 Å². The predicted octanol–water partition coefficient (Wildman–Crippen LogP) is 12.7. The van der Waals surface area contributed by atoms with Crippen molar-refractivity contribution in [3.8, 4) is 11.3 Å². The molecular formula is C57H40N2. The van der Waals surface area contributed by atoms with E-state index in [0.717, 1.165) is 29.6 Å². The molecule has 0 amide bonds. The number of hydrogen-bond donors (Lipinski definition) is 0. The number of fused-ring (bicyclic) bond motifs is 7. The summed E-state index contributed by atoms with van der Waals surface area (Å²) in [6.45, 7) is 0. The van der Waals surface area contributed by atoms with Crippen LogP contribution in [0.4, 0.5) is 0 Å². The van der Waals surface area contributed by atoms with E-state index < -0.39 is 0 Å². The number of hydrogen-bond acceptors (Lipinski definition) is 1. The molecule has 9 aromatic rings. The first-order valence-corrected chi connectivity index (χ1v) is 20.8. The molecule has 0 aliphatic heterocycles. The van der Waals surface area contributed by atoms with Crippen LogP contribution in [0.15, 0.2) is 212 Å². The zero-order valence-corrected chi connectivity index (χ0v) is 32.6. The maximum atomic E-state index is 5.41. The maximum Gasteiger partial charge on any atom is 0.0967 e. The summed E-state index contributed by atoms with van der Waals surface area (Å²) >= 11 is 0. The molecular weight excluding hydrogens is 713 g/mol. The van der Waals surface area contributed by atoms with Crippen LogP contribution in [-0.4, -0.2) is 9.55 Å². The molecule has 59 heavy (non-hydrogen) atoms. The first-order valence-electron chi connectivity index (χ1n) is 20.8. The van der Waals surface area contributed by atoms with E-state index in [9.17, 15) is 0 Å². The number of allylic oxidation sites excluding steroid dienone is 8. The van der Waals surface area contributed by atoms with Gasteiger partial charge in [0, 0.05) is 16.9 Å². The molecule has 3 aliphatic rings. The Balaban J connectivity index is 1.07. The molecule has 3 aliphatic carbocycles. The van der Waals surface area contributed by atoms with Gasteiger partial charge in [-0.3, -0.25) is 0 Å². The standard InChI is InChI=1S/C57H40N2/c1-3-15-39(16-4-1)52-30-32-54-57(58-52)51-36-43(28-31-53(51)59(54)46-19-5-2-6-20-46)42-27-29-49-50(35-42)56(45-26-24-38-14-8-10-18-41(38)34-45)48-22-12-11-21-47(48)55(49)44-25-23-37-13-7-9-17-40(37)33-44/h1-19,21-34,36,46,50H,20,35H2. The van der Waals surface area contributed by atoms with Crippen LogP contribution >= 0.6 is 0 Å². The minimum Gasteiger partial charge on any atom is -0.332 e. The van der Waals surface area contributed by atoms with Crippen molar-refractivity contribution in [3.63, 3.8) is 0 Å². The average molecular weight is 753 g/mol. The van der Waals surface area contributed by atoms with Gasteiger partial charge in [-0.2, -0.15) is 0 Å². The van der Waals surface area contributed by atoms with Gasteiger partial charge in [0.2, 0.25) is 0 Å². The van der Waals surface area contributed by atoms with Gasteiger partial charge in [0.15, 0.2) is 0 Å². The van der Waals surface area contributed by atoms with Gasteiger partial charge in [0.05, 0.1) is 28.3 Å². The van der Waals surface area contributed by atoms with E-state index >= 15 is 0 Å². The third kappa shape index (κ3) is 5.59. The number of nitrogens with zero attached hydrogens (tertiary/aromatic N) is 2. The van der Waals surface area contributed by atoms with Crippen molar-refractivity contribution in [3.05, 3.63) is 239 Å². The first kappa shape index (κ1) is 33.8. The molecule has 0 saturated carbocycles. The smallest absolute Gasteiger partial charge is 0.0967 e. The van der Waals surface area contributed by atoms with Crippen LogP contribution < -0.4 is 10.4 Å². The Labute approximate surface area is 343 Å². The summed E-state index contributed by atoms with van der Waals surface area (Å²) in [6, 6.07) is 62.9. The number of benzene rings is 7. The van der Waals surface area contributed by atoms with Crippen molar-refractivity contribution in [2.24, 2.45) is 5.92 Å². The highest BCUT2D eigenvalue weighted by molar-refractivity contribution is 6.08. The summed E-state index contributed by atoms with van der Waals surface area (Å²) in [6.07, 6.45) is 15.6. The van der Waals surface area contributed by atoms with Crippen LogP contribution in [0.5, 0.6) is 0 Å². The molecule has 12 rings (SSSR count). The molecule has 0 fully saturated rings. The normalized spacial score (nSPS) is 17.4. The van der Waals surface area contributed by atoms with Crippen LogP contribution in [0.3, 0.4) is 0 Å². The minimum atomic E-state index is 0.159. The topological polar surface area (TPSA) is 17.8 Å². The van der Waals surface area contributed by atoms with Crippen molar-refractivity contribution in [2.75, 3.05) is 0 Å². The van der Waals surface area contributed by atoms with Gasteiger partial charge in [-0.25, -0.2) is 4.98 Å². The molecule has 2 heterocycles. The highest BCUT2D eigenvalue weighted by Crippen LogP contribution is 2.46. The van der Waals surface area contributed by atoms with Crippen molar-refractivity contribution in [1.29, 1.82) is 0 Å². The van der Waals surface area contributed by atoms with E-state index in [1.165, 1.54) is 87.4 Å². The average Bonchev–Trinajstić information content (AvgIpc) is 3.64. The van der Waals surface area contributed by atoms with E-state index in [2.05, 4.69) is 211 Å². The fourth-order valence-electron chi connectivity index (χ4n) is 10.1. The second kappa shape index (κ2) is 13.7. The second-order valence-corrected chi connectivity index (χ2v) is 16.2. The molecule has 0 radical (unpaired) electrons. The molecule has 0 N–H and O–H groups in total. The summed E-state index contributed by atoms with van der Waals surface area (Å²) in [4.78, 5) is 5.41. The summed E-state index contributed by atoms with van der Waals surface area (Å²) < 4.78 is 2.50. The highest BCUT2D eigenvalue weighted by atomic mass is 15.0. The maximum absolute atomic E-state index is 5.41. The lowest BCUT2D eigenvalue weighted by atomic mass is 9.70. The number of pyridine rings is 1. The van der Waals surface area contributed by atoms with Crippen LogP contribution in [0, 0.1) is 5.92 Å². The molecule has 278 valence electrons. The van der Waals surface area contributed by atoms with E-state index in [1.54, 1.807) is 0 Å². The van der Waals surface area contributed by atoms with Crippen molar-refractivity contribution in [2.45, 2.75) is 18.9 Å². The number of rotatable bonds is 5. The third-order valence-electron chi connectivity index (χ3n) is 12.9. The molecule has 7 aromatic carbocycles. The molecule has 0 bridgehead atoms. The molecule has 2 unspecified atom stereocenters. The lowest BCUT2D eigenvalue weighted by Crippen LogP contribution is -2.38. The van der Waals surface area contributed by atoms with Crippen LogP contribution in [0.2, 0.25) is 0 Å². The zero-order chi connectivity index (χ0) is 38.9. The Morgan fingerprint density at radius 1 is 0.508 bits per heavy atom. The Bertz CT molecular complexity index is 3450. The summed E-state index contributed by atoms with van der Waals surface area (Å²) in [7, 11) is 0. The zero-order valence-electron chi connectivity index (χ0n) is 32.6. The first-order chi connectivity index (χ1) is 29.2. The van der Waals surface area contributed by atoms with Crippen molar-refractivity contribution < 1.29 is 0 Å². The van der Waals surface area contributed by atoms with Gasteiger partial charge in [0.25, 0.3) is 0 Å². The quantitative estimate of drug-likeness (QED) is 0.171. The highest BCUT2D eigenvalue weighted by Gasteiger charge is 2.32. The van der Waals surface area contributed by atoms with E-state index in [1.807, 2.05) is 0 Å². The molecule has 2 heteroatoms. The molecule has 2 nitrogen and oxygen atoms in total.